The van der Waals surface area contributed by atoms with Crippen LogP contribution >= 0.6 is 0 Å². The van der Waals surface area contributed by atoms with Gasteiger partial charge in [-0.25, -0.2) is 9.67 Å². The van der Waals surface area contributed by atoms with E-state index in [9.17, 15) is 0 Å². The van der Waals surface area contributed by atoms with Crippen LogP contribution in [0, 0.1) is 6.92 Å². The summed E-state index contributed by atoms with van der Waals surface area (Å²) in [5.74, 6) is 0.416. The summed E-state index contributed by atoms with van der Waals surface area (Å²) < 4.78 is 1.94. The zero-order valence-corrected chi connectivity index (χ0v) is 14.6. The molecule has 124 valence electrons. The molecule has 4 nitrogen and oxygen atoms in total. The average molecular weight is 328 g/mol. The largest absolute Gasteiger partial charge is 0.264 e. The minimum atomic E-state index is 0.416. The van der Waals surface area contributed by atoms with E-state index in [-0.39, 0.29) is 0 Å². The van der Waals surface area contributed by atoms with E-state index in [0.29, 0.717) is 5.92 Å². The van der Waals surface area contributed by atoms with Crippen LogP contribution in [0.2, 0.25) is 0 Å². The summed E-state index contributed by atoms with van der Waals surface area (Å²) in [6.07, 6.45) is 7.48. The van der Waals surface area contributed by atoms with Gasteiger partial charge in [-0.3, -0.25) is 4.98 Å². The molecular formula is C21H20N4. The van der Waals surface area contributed by atoms with Gasteiger partial charge in [-0.1, -0.05) is 32.0 Å². The second-order valence-corrected chi connectivity index (χ2v) is 6.56. The Labute approximate surface area is 147 Å². The van der Waals surface area contributed by atoms with Crippen molar-refractivity contribution in [2.45, 2.75) is 26.7 Å². The lowest BCUT2D eigenvalue weighted by molar-refractivity contribution is 0.817. The van der Waals surface area contributed by atoms with Crippen molar-refractivity contribution in [1.82, 2.24) is 19.7 Å². The molecule has 3 heterocycles. The molecule has 0 aliphatic heterocycles. The number of fused-ring (bicyclic) bond motifs is 1. The fourth-order valence-electron chi connectivity index (χ4n) is 3.25. The molecule has 0 radical (unpaired) electrons. The summed E-state index contributed by atoms with van der Waals surface area (Å²) >= 11 is 0. The van der Waals surface area contributed by atoms with Crippen LogP contribution in [0.1, 0.15) is 30.9 Å². The third-order valence-electron chi connectivity index (χ3n) is 4.59. The van der Waals surface area contributed by atoms with Gasteiger partial charge in [0.25, 0.3) is 0 Å². The first-order valence-corrected chi connectivity index (χ1v) is 8.50. The molecule has 25 heavy (non-hydrogen) atoms. The van der Waals surface area contributed by atoms with E-state index in [2.05, 4.69) is 54.0 Å². The molecule has 3 aromatic heterocycles. The van der Waals surface area contributed by atoms with Crippen LogP contribution in [0.4, 0.5) is 0 Å². The quantitative estimate of drug-likeness (QED) is 0.536. The van der Waals surface area contributed by atoms with Gasteiger partial charge in [-0.05, 0) is 47.7 Å². The number of hydrogen-bond acceptors (Lipinski definition) is 3. The molecule has 0 aliphatic rings. The first-order chi connectivity index (χ1) is 12.2. The predicted molar refractivity (Wildman–Crippen MR) is 101 cm³/mol. The Balaban J connectivity index is 1.96. The van der Waals surface area contributed by atoms with Crippen LogP contribution in [-0.2, 0) is 0 Å². The van der Waals surface area contributed by atoms with Crippen molar-refractivity contribution < 1.29 is 0 Å². The van der Waals surface area contributed by atoms with Crippen molar-refractivity contribution >= 4 is 11.0 Å². The molecule has 0 saturated heterocycles. The molecule has 0 unspecified atom stereocenters. The van der Waals surface area contributed by atoms with Crippen LogP contribution in [0.15, 0.2) is 61.2 Å². The molecule has 1 aromatic carbocycles. The fourth-order valence-corrected chi connectivity index (χ4v) is 3.25. The first kappa shape index (κ1) is 15.5. The third kappa shape index (κ3) is 2.60. The minimum Gasteiger partial charge on any atom is -0.264 e. The normalized spacial score (nSPS) is 11.4. The molecule has 4 aromatic rings. The lowest BCUT2D eigenvalue weighted by atomic mass is 10.0. The van der Waals surface area contributed by atoms with Crippen molar-refractivity contribution in [3.05, 3.63) is 72.3 Å². The number of rotatable bonds is 3. The molecule has 4 rings (SSSR count). The van der Waals surface area contributed by atoms with Crippen LogP contribution < -0.4 is 0 Å². The van der Waals surface area contributed by atoms with Crippen molar-refractivity contribution in [3.8, 4) is 16.8 Å². The van der Waals surface area contributed by atoms with Gasteiger partial charge in [-0.15, -0.1) is 0 Å². The third-order valence-corrected chi connectivity index (χ3v) is 4.59. The highest BCUT2D eigenvalue weighted by Crippen LogP contribution is 2.31. The summed E-state index contributed by atoms with van der Waals surface area (Å²) in [5, 5.41) is 5.70. The number of aryl methyl sites for hydroxylation is 1. The van der Waals surface area contributed by atoms with Gasteiger partial charge in [0.05, 0.1) is 11.9 Å². The number of aromatic nitrogens is 4. The van der Waals surface area contributed by atoms with Gasteiger partial charge in [-0.2, -0.15) is 5.10 Å². The Kier molecular flexibility index (Phi) is 3.80. The monoisotopic (exact) mass is 328 g/mol. The maximum atomic E-state index is 4.66. The van der Waals surface area contributed by atoms with E-state index in [1.54, 1.807) is 0 Å². The number of hydrogen-bond donors (Lipinski definition) is 0. The second kappa shape index (κ2) is 6.13. The van der Waals surface area contributed by atoms with Crippen LogP contribution in [0.25, 0.3) is 27.8 Å². The second-order valence-electron chi connectivity index (χ2n) is 6.56. The van der Waals surface area contributed by atoms with Gasteiger partial charge >= 0.3 is 0 Å². The number of para-hydroxylation sites is 1. The minimum absolute atomic E-state index is 0.416. The predicted octanol–water partition coefficient (Wildman–Crippen LogP) is 4.91. The standard InChI is InChI=1S/C21H20N4/c1-14(2)16-6-4-5-7-20(16)25-21-19(13-24-25)17(9-11-23-21)18-12-22-10-8-15(18)3/h4-14H,1-3H3. The molecule has 0 saturated carbocycles. The number of benzene rings is 1. The van der Waals surface area contributed by atoms with Crippen LogP contribution in [0.5, 0.6) is 0 Å². The molecular weight excluding hydrogens is 308 g/mol. The van der Waals surface area contributed by atoms with E-state index < -0.39 is 0 Å². The van der Waals surface area contributed by atoms with E-state index in [1.165, 1.54) is 11.1 Å². The molecule has 0 bridgehead atoms. The Bertz CT molecular complexity index is 1050. The van der Waals surface area contributed by atoms with Gasteiger partial charge < -0.3 is 0 Å². The highest BCUT2D eigenvalue weighted by Gasteiger charge is 2.15. The molecule has 0 amide bonds. The SMILES string of the molecule is Cc1ccncc1-c1ccnc2c1cnn2-c1ccccc1C(C)C. The molecule has 0 aliphatic carbocycles. The van der Waals surface area contributed by atoms with Crippen molar-refractivity contribution in [1.29, 1.82) is 0 Å². The molecule has 0 atom stereocenters. The number of nitrogens with zero attached hydrogens (tertiary/aromatic N) is 4. The summed E-state index contributed by atoms with van der Waals surface area (Å²) in [5.41, 5.74) is 6.64. The zero-order valence-electron chi connectivity index (χ0n) is 14.6. The molecule has 0 fully saturated rings. The van der Waals surface area contributed by atoms with Crippen molar-refractivity contribution in [3.63, 3.8) is 0 Å². The summed E-state index contributed by atoms with van der Waals surface area (Å²) in [7, 11) is 0. The number of pyridine rings is 2. The summed E-state index contributed by atoms with van der Waals surface area (Å²) in [6.45, 7) is 6.49. The van der Waals surface area contributed by atoms with E-state index in [4.69, 9.17) is 0 Å². The molecule has 0 N–H and O–H groups in total. The Morgan fingerprint density at radius 2 is 1.76 bits per heavy atom. The van der Waals surface area contributed by atoms with E-state index >= 15 is 0 Å². The van der Waals surface area contributed by atoms with E-state index in [1.807, 2.05) is 47.7 Å². The van der Waals surface area contributed by atoms with Gasteiger partial charge in [0, 0.05) is 29.5 Å². The molecule has 4 heteroatoms. The first-order valence-electron chi connectivity index (χ1n) is 8.50. The average Bonchev–Trinajstić information content (AvgIpc) is 3.06. The lowest BCUT2D eigenvalue weighted by Crippen LogP contribution is -2.03. The van der Waals surface area contributed by atoms with Crippen LogP contribution in [0.3, 0.4) is 0 Å². The maximum absolute atomic E-state index is 4.66. The lowest BCUT2D eigenvalue weighted by Gasteiger charge is -2.13. The van der Waals surface area contributed by atoms with Gasteiger partial charge in [0.1, 0.15) is 0 Å². The van der Waals surface area contributed by atoms with Gasteiger partial charge in [0.2, 0.25) is 0 Å². The zero-order chi connectivity index (χ0) is 17.4. The van der Waals surface area contributed by atoms with Gasteiger partial charge in [0.15, 0.2) is 5.65 Å². The highest BCUT2D eigenvalue weighted by atomic mass is 15.3. The van der Waals surface area contributed by atoms with Crippen molar-refractivity contribution in [2.75, 3.05) is 0 Å². The topological polar surface area (TPSA) is 43.6 Å². The molecule has 0 spiro atoms. The van der Waals surface area contributed by atoms with E-state index in [0.717, 1.165) is 27.8 Å². The highest BCUT2D eigenvalue weighted by molar-refractivity contribution is 5.93. The maximum Gasteiger partial charge on any atom is 0.163 e. The Morgan fingerprint density at radius 1 is 0.920 bits per heavy atom. The fraction of sp³-hybridized carbons (Fsp3) is 0.190. The Morgan fingerprint density at radius 3 is 2.56 bits per heavy atom. The smallest absolute Gasteiger partial charge is 0.163 e. The van der Waals surface area contributed by atoms with Crippen LogP contribution in [-0.4, -0.2) is 19.7 Å². The summed E-state index contributed by atoms with van der Waals surface area (Å²) in [6, 6.07) is 12.4. The van der Waals surface area contributed by atoms with Crippen molar-refractivity contribution in [2.24, 2.45) is 0 Å². The Hall–Kier alpha value is -3.01. The summed E-state index contributed by atoms with van der Waals surface area (Å²) in [4.78, 5) is 8.90.